The summed E-state index contributed by atoms with van der Waals surface area (Å²) >= 11 is 5.95. The summed E-state index contributed by atoms with van der Waals surface area (Å²) in [6, 6.07) is 7.75. The molecule has 2 heterocycles. The van der Waals surface area contributed by atoms with Crippen LogP contribution in [0.3, 0.4) is 0 Å². The van der Waals surface area contributed by atoms with E-state index >= 15 is 0 Å². The second-order valence-electron chi connectivity index (χ2n) is 6.84. The molecular formula is C19H24ClN3O3. The van der Waals surface area contributed by atoms with E-state index in [9.17, 15) is 14.4 Å². The number of nitrogens with zero attached hydrogens (tertiary/aromatic N) is 3. The summed E-state index contributed by atoms with van der Waals surface area (Å²) < 4.78 is 0. The van der Waals surface area contributed by atoms with E-state index in [4.69, 9.17) is 11.6 Å². The van der Waals surface area contributed by atoms with Gasteiger partial charge in [-0.1, -0.05) is 23.7 Å². The van der Waals surface area contributed by atoms with E-state index in [0.717, 1.165) is 12.8 Å². The van der Waals surface area contributed by atoms with Crippen molar-refractivity contribution in [2.45, 2.75) is 25.7 Å². The molecule has 2 aliphatic rings. The smallest absolute Gasteiger partial charge is 0.312 e. The lowest BCUT2D eigenvalue weighted by Crippen LogP contribution is -2.56. The minimum Gasteiger partial charge on any atom is -0.341 e. The van der Waals surface area contributed by atoms with Crippen molar-refractivity contribution in [1.82, 2.24) is 14.7 Å². The lowest BCUT2D eigenvalue weighted by atomic mass is 9.90. The Bertz CT molecular complexity index is 692. The number of hydrogen-bond acceptors (Lipinski definition) is 3. The maximum absolute atomic E-state index is 12.7. The molecule has 0 bridgehead atoms. The van der Waals surface area contributed by atoms with Gasteiger partial charge in [-0.05, 0) is 37.5 Å². The number of likely N-dealkylation sites (N-methyl/N-ethyl adjacent to an activating group) is 1. The molecule has 0 saturated carbocycles. The van der Waals surface area contributed by atoms with E-state index in [1.807, 2.05) is 36.1 Å². The molecule has 0 radical (unpaired) electrons. The molecule has 2 aliphatic heterocycles. The molecule has 2 saturated heterocycles. The van der Waals surface area contributed by atoms with Crippen molar-refractivity contribution < 1.29 is 14.4 Å². The molecule has 26 heavy (non-hydrogen) atoms. The van der Waals surface area contributed by atoms with Gasteiger partial charge in [-0.3, -0.25) is 14.4 Å². The van der Waals surface area contributed by atoms with E-state index in [1.54, 1.807) is 0 Å². The van der Waals surface area contributed by atoms with Gasteiger partial charge in [0.25, 0.3) is 0 Å². The van der Waals surface area contributed by atoms with Crippen molar-refractivity contribution in [2.24, 2.45) is 0 Å². The monoisotopic (exact) mass is 377 g/mol. The number of rotatable bonds is 4. The summed E-state index contributed by atoms with van der Waals surface area (Å²) in [5.74, 6) is -0.893. The highest BCUT2D eigenvalue weighted by atomic mass is 35.5. The zero-order valence-corrected chi connectivity index (χ0v) is 15.7. The average Bonchev–Trinajstić information content (AvgIpc) is 2.66. The van der Waals surface area contributed by atoms with Crippen LogP contribution in [0.15, 0.2) is 24.3 Å². The van der Waals surface area contributed by atoms with E-state index in [0.29, 0.717) is 37.7 Å². The molecule has 0 N–H and O–H groups in total. The highest BCUT2D eigenvalue weighted by Gasteiger charge is 2.34. The Morgan fingerprint density at radius 1 is 1.08 bits per heavy atom. The average molecular weight is 378 g/mol. The van der Waals surface area contributed by atoms with E-state index in [-0.39, 0.29) is 18.4 Å². The van der Waals surface area contributed by atoms with Gasteiger partial charge in [-0.2, -0.15) is 0 Å². The maximum atomic E-state index is 12.7. The van der Waals surface area contributed by atoms with Crippen LogP contribution in [0.2, 0.25) is 5.02 Å². The van der Waals surface area contributed by atoms with E-state index in [2.05, 4.69) is 0 Å². The van der Waals surface area contributed by atoms with Crippen LogP contribution in [-0.2, 0) is 14.4 Å². The largest absolute Gasteiger partial charge is 0.341 e. The third-order valence-corrected chi connectivity index (χ3v) is 5.47. The summed E-state index contributed by atoms with van der Waals surface area (Å²) in [4.78, 5) is 41.6. The summed E-state index contributed by atoms with van der Waals surface area (Å²) in [7, 11) is 0. The first kappa shape index (κ1) is 18.7. The summed E-state index contributed by atoms with van der Waals surface area (Å²) in [5, 5.41) is 0.701. The first-order valence-electron chi connectivity index (χ1n) is 9.11. The quantitative estimate of drug-likeness (QED) is 0.751. The van der Waals surface area contributed by atoms with Gasteiger partial charge in [0.05, 0.1) is 0 Å². The van der Waals surface area contributed by atoms with Gasteiger partial charge >= 0.3 is 11.8 Å². The van der Waals surface area contributed by atoms with Gasteiger partial charge in [-0.25, -0.2) is 0 Å². The fraction of sp³-hybridized carbons (Fsp3) is 0.526. The van der Waals surface area contributed by atoms with Crippen molar-refractivity contribution in [2.75, 3.05) is 39.3 Å². The second kappa shape index (κ2) is 8.08. The molecule has 2 fully saturated rings. The van der Waals surface area contributed by atoms with Crippen molar-refractivity contribution in [1.29, 1.82) is 0 Å². The minimum atomic E-state index is -0.572. The molecule has 0 aliphatic carbocycles. The maximum Gasteiger partial charge on any atom is 0.312 e. The molecule has 0 aromatic heterocycles. The zero-order chi connectivity index (χ0) is 18.7. The summed E-state index contributed by atoms with van der Waals surface area (Å²) in [6.45, 7) is 4.57. The van der Waals surface area contributed by atoms with Crippen LogP contribution in [0, 0.1) is 0 Å². The van der Waals surface area contributed by atoms with Crippen LogP contribution in [0.4, 0.5) is 0 Å². The lowest BCUT2D eigenvalue weighted by molar-refractivity contribution is -0.157. The lowest BCUT2D eigenvalue weighted by Gasteiger charge is -2.36. The Hall–Kier alpha value is -2.08. The van der Waals surface area contributed by atoms with E-state index < -0.39 is 11.8 Å². The normalized spacial score (nSPS) is 21.3. The molecule has 3 rings (SSSR count). The van der Waals surface area contributed by atoms with Crippen LogP contribution >= 0.6 is 11.6 Å². The van der Waals surface area contributed by atoms with Crippen molar-refractivity contribution in [3.8, 4) is 0 Å². The fourth-order valence-corrected chi connectivity index (χ4v) is 3.77. The molecule has 1 atom stereocenters. The Labute approximate surface area is 158 Å². The predicted octanol–water partition coefficient (Wildman–Crippen LogP) is 1.74. The number of halogens is 1. The van der Waals surface area contributed by atoms with Crippen LogP contribution < -0.4 is 0 Å². The van der Waals surface area contributed by atoms with Crippen LogP contribution in [0.5, 0.6) is 0 Å². The topological polar surface area (TPSA) is 60.9 Å². The zero-order valence-electron chi connectivity index (χ0n) is 15.0. The summed E-state index contributed by atoms with van der Waals surface area (Å²) in [6.07, 6.45) is 1.95. The van der Waals surface area contributed by atoms with Crippen molar-refractivity contribution >= 4 is 29.3 Å². The van der Waals surface area contributed by atoms with Crippen molar-refractivity contribution in [3.05, 3.63) is 34.9 Å². The first-order chi connectivity index (χ1) is 12.5. The SMILES string of the molecule is CCN1CCN(CC(=O)N2CCC[C@H](c3ccc(Cl)cc3)C2)C(=O)C1=O. The van der Waals surface area contributed by atoms with E-state index in [1.165, 1.54) is 15.4 Å². The first-order valence-corrected chi connectivity index (χ1v) is 9.48. The number of piperidine rings is 1. The van der Waals surface area contributed by atoms with Crippen LogP contribution in [0.25, 0.3) is 0 Å². The number of carbonyl (C=O) groups is 3. The number of hydrogen-bond donors (Lipinski definition) is 0. The molecule has 0 unspecified atom stereocenters. The number of carbonyl (C=O) groups excluding carboxylic acids is 3. The molecule has 7 heteroatoms. The molecule has 3 amide bonds. The van der Waals surface area contributed by atoms with Crippen molar-refractivity contribution in [3.63, 3.8) is 0 Å². The highest BCUT2D eigenvalue weighted by Crippen LogP contribution is 2.28. The van der Waals surface area contributed by atoms with Crippen LogP contribution in [0.1, 0.15) is 31.2 Å². The van der Waals surface area contributed by atoms with Gasteiger partial charge in [0.15, 0.2) is 0 Å². The molecule has 6 nitrogen and oxygen atoms in total. The number of benzene rings is 1. The standard InChI is InChI=1S/C19H24ClN3O3/c1-2-21-10-11-23(19(26)18(21)25)13-17(24)22-9-3-4-15(12-22)14-5-7-16(20)8-6-14/h5-8,15H,2-4,9-13H2,1H3/t15-/m0/s1. The van der Waals surface area contributed by atoms with Gasteiger partial charge in [-0.15, -0.1) is 0 Å². The number of likely N-dealkylation sites (tertiary alicyclic amines) is 1. The number of piperazine rings is 1. The Kier molecular flexibility index (Phi) is 5.81. The molecule has 1 aromatic carbocycles. The predicted molar refractivity (Wildman–Crippen MR) is 98.8 cm³/mol. The highest BCUT2D eigenvalue weighted by molar-refractivity contribution is 6.35. The molecule has 1 aromatic rings. The summed E-state index contributed by atoms with van der Waals surface area (Å²) in [5.41, 5.74) is 1.18. The molecule has 0 spiro atoms. The third kappa shape index (κ3) is 4.01. The molecule has 140 valence electrons. The Morgan fingerprint density at radius 2 is 1.73 bits per heavy atom. The van der Waals surface area contributed by atoms with Gasteiger partial charge in [0.1, 0.15) is 6.54 Å². The Morgan fingerprint density at radius 3 is 2.42 bits per heavy atom. The molecular weight excluding hydrogens is 354 g/mol. The second-order valence-corrected chi connectivity index (χ2v) is 7.28. The Balaban J connectivity index is 1.60. The fourth-order valence-electron chi connectivity index (χ4n) is 3.64. The van der Waals surface area contributed by atoms with Gasteiger partial charge in [0, 0.05) is 43.7 Å². The van der Waals surface area contributed by atoms with Gasteiger partial charge < -0.3 is 14.7 Å². The third-order valence-electron chi connectivity index (χ3n) is 5.22. The van der Waals surface area contributed by atoms with Gasteiger partial charge in [0.2, 0.25) is 5.91 Å². The minimum absolute atomic E-state index is 0.0184. The van der Waals surface area contributed by atoms with Crippen LogP contribution in [-0.4, -0.2) is 71.7 Å². The number of amides is 3.